The number of fused-ring (bicyclic) bond motifs is 1. The molecule has 1 aromatic rings. The lowest BCUT2D eigenvalue weighted by molar-refractivity contribution is -0.142. The van der Waals surface area contributed by atoms with E-state index < -0.39 is 11.9 Å². The number of aromatic nitrogens is 2. The molecule has 3 nitrogen and oxygen atoms in total. The quantitative estimate of drug-likeness (QED) is 0.713. The van der Waals surface area contributed by atoms with Crippen molar-refractivity contribution in [3.63, 3.8) is 0 Å². The van der Waals surface area contributed by atoms with Crippen LogP contribution < -0.4 is 5.73 Å². The molecule has 1 aliphatic carbocycles. The van der Waals surface area contributed by atoms with E-state index in [2.05, 4.69) is 5.10 Å². The third-order valence-corrected chi connectivity index (χ3v) is 2.76. The molecule has 2 rings (SSSR count). The van der Waals surface area contributed by atoms with Gasteiger partial charge in [0.25, 0.3) is 0 Å². The van der Waals surface area contributed by atoms with E-state index in [9.17, 15) is 13.2 Å². The highest BCUT2D eigenvalue weighted by atomic mass is 19.4. The van der Waals surface area contributed by atoms with Crippen LogP contribution in [-0.2, 0) is 26.1 Å². The normalized spacial score (nSPS) is 21.5. The summed E-state index contributed by atoms with van der Waals surface area (Å²) in [6, 6.07) is -0.178. The van der Waals surface area contributed by atoms with E-state index in [4.69, 9.17) is 5.73 Å². The van der Waals surface area contributed by atoms with Gasteiger partial charge >= 0.3 is 6.18 Å². The van der Waals surface area contributed by atoms with Gasteiger partial charge in [0.2, 0.25) is 0 Å². The van der Waals surface area contributed by atoms with E-state index >= 15 is 0 Å². The fourth-order valence-corrected chi connectivity index (χ4v) is 2.04. The van der Waals surface area contributed by atoms with Crippen LogP contribution in [0.15, 0.2) is 0 Å². The van der Waals surface area contributed by atoms with Gasteiger partial charge < -0.3 is 5.73 Å². The Labute approximate surface area is 85.1 Å². The summed E-state index contributed by atoms with van der Waals surface area (Å²) in [7, 11) is 1.55. The molecule has 2 N–H and O–H groups in total. The van der Waals surface area contributed by atoms with E-state index in [1.165, 1.54) is 4.68 Å². The van der Waals surface area contributed by atoms with Gasteiger partial charge in [-0.2, -0.15) is 18.3 Å². The number of nitrogens with zero attached hydrogens (tertiary/aromatic N) is 2. The predicted molar refractivity (Wildman–Crippen MR) is 48.2 cm³/mol. The van der Waals surface area contributed by atoms with Crippen LogP contribution in [0, 0.1) is 0 Å². The van der Waals surface area contributed by atoms with Crippen molar-refractivity contribution >= 4 is 0 Å². The van der Waals surface area contributed by atoms with Crippen LogP contribution in [0.3, 0.4) is 0 Å². The zero-order chi connectivity index (χ0) is 11.2. The van der Waals surface area contributed by atoms with Crippen molar-refractivity contribution < 1.29 is 13.2 Å². The van der Waals surface area contributed by atoms with Crippen LogP contribution in [0.4, 0.5) is 13.2 Å². The van der Waals surface area contributed by atoms with Gasteiger partial charge in [0.05, 0.1) is 0 Å². The first-order chi connectivity index (χ1) is 6.89. The van der Waals surface area contributed by atoms with Crippen molar-refractivity contribution in [2.75, 3.05) is 0 Å². The second-order valence-electron chi connectivity index (χ2n) is 3.90. The first kappa shape index (κ1) is 10.5. The number of alkyl halides is 3. The second-order valence-corrected chi connectivity index (χ2v) is 3.90. The van der Waals surface area contributed by atoms with Gasteiger partial charge in [0.1, 0.15) is 0 Å². The third-order valence-electron chi connectivity index (χ3n) is 2.76. The minimum Gasteiger partial charge on any atom is -0.327 e. The first-order valence-corrected chi connectivity index (χ1v) is 4.77. The molecule has 0 unspecified atom stereocenters. The van der Waals surface area contributed by atoms with Crippen molar-refractivity contribution in [2.45, 2.75) is 31.5 Å². The predicted octanol–water partition coefficient (Wildman–Crippen LogP) is 1.25. The Morgan fingerprint density at radius 2 is 2.13 bits per heavy atom. The Bertz CT molecular complexity index is 381. The smallest absolute Gasteiger partial charge is 0.327 e. The lowest BCUT2D eigenvalue weighted by Crippen LogP contribution is -2.29. The molecule has 0 saturated heterocycles. The van der Waals surface area contributed by atoms with Crippen LogP contribution in [0.1, 0.15) is 23.4 Å². The number of hydrogen-bond acceptors (Lipinski definition) is 2. The molecule has 84 valence electrons. The highest BCUT2D eigenvalue weighted by Gasteiger charge is 2.39. The molecule has 0 fully saturated rings. The molecule has 0 amide bonds. The van der Waals surface area contributed by atoms with E-state index in [1.54, 1.807) is 7.05 Å². The van der Waals surface area contributed by atoms with Crippen molar-refractivity contribution in [3.05, 3.63) is 17.0 Å². The fourth-order valence-electron chi connectivity index (χ4n) is 2.04. The van der Waals surface area contributed by atoms with Crippen LogP contribution in [0.2, 0.25) is 0 Å². The van der Waals surface area contributed by atoms with Crippen molar-refractivity contribution in [1.29, 1.82) is 0 Å². The molecule has 0 radical (unpaired) electrons. The summed E-state index contributed by atoms with van der Waals surface area (Å²) in [5.74, 6) is 0. The molecule has 1 atom stereocenters. The van der Waals surface area contributed by atoms with Crippen molar-refractivity contribution in [1.82, 2.24) is 9.78 Å². The van der Waals surface area contributed by atoms with E-state index in [0.717, 1.165) is 6.42 Å². The number of nitrogens with two attached hydrogens (primary N) is 1. The molecule has 0 aliphatic heterocycles. The van der Waals surface area contributed by atoms with Gasteiger partial charge in [-0.15, -0.1) is 0 Å². The SMILES string of the molecule is Cn1nc(C(F)(F)F)c2c1CC[C@@H](N)C2. The molecule has 15 heavy (non-hydrogen) atoms. The molecular weight excluding hydrogens is 207 g/mol. The summed E-state index contributed by atoms with van der Waals surface area (Å²) in [4.78, 5) is 0. The number of aryl methyl sites for hydroxylation is 1. The maximum atomic E-state index is 12.6. The maximum Gasteiger partial charge on any atom is 0.435 e. The fraction of sp³-hybridized carbons (Fsp3) is 0.667. The summed E-state index contributed by atoms with van der Waals surface area (Å²) in [5.41, 5.74) is 5.85. The molecule has 1 aromatic heterocycles. The molecule has 0 bridgehead atoms. The van der Waals surface area contributed by atoms with Crippen molar-refractivity contribution in [2.24, 2.45) is 12.8 Å². The highest BCUT2D eigenvalue weighted by Crippen LogP contribution is 2.35. The van der Waals surface area contributed by atoms with Crippen LogP contribution in [0.25, 0.3) is 0 Å². The molecule has 0 spiro atoms. The Balaban J connectivity index is 2.50. The Hall–Kier alpha value is -1.04. The van der Waals surface area contributed by atoms with E-state index in [-0.39, 0.29) is 18.0 Å². The molecule has 6 heteroatoms. The largest absolute Gasteiger partial charge is 0.435 e. The van der Waals surface area contributed by atoms with Crippen molar-refractivity contribution in [3.8, 4) is 0 Å². The zero-order valence-corrected chi connectivity index (χ0v) is 8.30. The van der Waals surface area contributed by atoms with Crippen LogP contribution in [0.5, 0.6) is 0 Å². The van der Waals surface area contributed by atoms with Gasteiger partial charge in [-0.05, 0) is 19.3 Å². The highest BCUT2D eigenvalue weighted by molar-refractivity contribution is 5.31. The average molecular weight is 219 g/mol. The Morgan fingerprint density at radius 3 is 2.73 bits per heavy atom. The van der Waals surface area contributed by atoms with E-state index in [0.29, 0.717) is 12.1 Å². The summed E-state index contributed by atoms with van der Waals surface area (Å²) in [6.07, 6.45) is -2.79. The van der Waals surface area contributed by atoms with Crippen LogP contribution >= 0.6 is 0 Å². The van der Waals surface area contributed by atoms with Gasteiger partial charge in [-0.3, -0.25) is 4.68 Å². The number of halogens is 3. The average Bonchev–Trinajstić information content (AvgIpc) is 2.42. The second kappa shape index (κ2) is 3.23. The lowest BCUT2D eigenvalue weighted by Gasteiger charge is -2.19. The topological polar surface area (TPSA) is 43.8 Å². The standard InChI is InChI=1S/C9H12F3N3/c1-15-7-3-2-5(13)4-6(7)8(14-15)9(10,11)12/h5H,2-4,13H2,1H3/t5-/m1/s1. The Morgan fingerprint density at radius 1 is 1.47 bits per heavy atom. The minimum absolute atomic E-state index is 0.178. The van der Waals surface area contributed by atoms with Gasteiger partial charge in [-0.1, -0.05) is 0 Å². The summed E-state index contributed by atoms with van der Waals surface area (Å²) in [5, 5.41) is 3.53. The first-order valence-electron chi connectivity index (χ1n) is 4.77. The van der Waals surface area contributed by atoms with E-state index in [1.807, 2.05) is 0 Å². The summed E-state index contributed by atoms with van der Waals surface area (Å²) < 4.78 is 39.1. The van der Waals surface area contributed by atoms with Gasteiger partial charge in [0.15, 0.2) is 5.69 Å². The third kappa shape index (κ3) is 1.73. The zero-order valence-electron chi connectivity index (χ0n) is 8.30. The van der Waals surface area contributed by atoms with Gasteiger partial charge in [-0.25, -0.2) is 0 Å². The van der Waals surface area contributed by atoms with Crippen LogP contribution in [-0.4, -0.2) is 15.8 Å². The molecule has 1 heterocycles. The molecular formula is C9H12F3N3. The molecule has 0 saturated carbocycles. The summed E-state index contributed by atoms with van der Waals surface area (Å²) in [6.45, 7) is 0. The maximum absolute atomic E-state index is 12.6. The Kier molecular flexibility index (Phi) is 2.26. The number of hydrogen-bond donors (Lipinski definition) is 1. The minimum atomic E-state index is -4.37. The molecule has 0 aromatic carbocycles. The summed E-state index contributed by atoms with van der Waals surface area (Å²) >= 11 is 0. The lowest BCUT2D eigenvalue weighted by atomic mass is 9.92. The van der Waals surface area contributed by atoms with Gasteiger partial charge in [0, 0.05) is 24.3 Å². The molecule has 1 aliphatic rings. The number of rotatable bonds is 0. The monoisotopic (exact) mass is 219 g/mol.